The lowest BCUT2D eigenvalue weighted by Crippen LogP contribution is -1.89. The van der Waals surface area contributed by atoms with Crippen molar-refractivity contribution in [3.63, 3.8) is 0 Å². The second kappa shape index (κ2) is 10.6. The van der Waals surface area contributed by atoms with E-state index in [1.165, 1.54) is 64.6 Å². The van der Waals surface area contributed by atoms with E-state index in [1.54, 1.807) is 11.3 Å². The Morgan fingerprint density at radius 2 is 1.15 bits per heavy atom. The molecule has 0 spiro atoms. The van der Waals surface area contributed by atoms with Gasteiger partial charge in [-0.25, -0.2) is 4.98 Å². The highest BCUT2D eigenvalue weighted by atomic mass is 32.1. The van der Waals surface area contributed by atoms with Gasteiger partial charge in [0, 0.05) is 5.56 Å². The first kappa shape index (κ1) is 21.6. The summed E-state index contributed by atoms with van der Waals surface area (Å²) in [5.74, 6) is 0. The summed E-state index contributed by atoms with van der Waals surface area (Å²) >= 11 is 1.76. The van der Waals surface area contributed by atoms with Gasteiger partial charge in [-0.3, -0.25) is 0 Å². The third kappa shape index (κ3) is 5.58. The van der Waals surface area contributed by atoms with Crippen molar-refractivity contribution in [1.29, 1.82) is 0 Å². The molecule has 0 saturated carbocycles. The molecule has 4 aromatic carbocycles. The molecule has 2 heteroatoms. The number of rotatable bonds is 9. The number of aryl methyl sites for hydroxylation is 2. The topological polar surface area (TPSA) is 12.9 Å². The largest absolute Gasteiger partial charge is 0.236 e. The van der Waals surface area contributed by atoms with Crippen LogP contribution in [0.15, 0.2) is 103 Å². The standard InChI is InChI=1S/C31H29NS/c1(4-12-24-13-6-3-7-14-24)2-5-15-25-16-10-17-26(22-25)27-18-11-19-28(23-27)31-32-29-20-8-9-21-30(29)33-31/h3,6-11,13-14,16-23H,1-2,4-5,12,15H2. The number of nitrogens with zero attached hydrogens (tertiary/aromatic N) is 1. The zero-order valence-corrected chi connectivity index (χ0v) is 19.7. The average Bonchev–Trinajstić information content (AvgIpc) is 3.32. The minimum Gasteiger partial charge on any atom is -0.236 e. The lowest BCUT2D eigenvalue weighted by molar-refractivity contribution is 0.640. The second-order valence-electron chi connectivity index (χ2n) is 8.67. The fraction of sp³-hybridized carbons (Fsp3) is 0.194. The number of benzene rings is 4. The molecule has 33 heavy (non-hydrogen) atoms. The number of hydrogen-bond donors (Lipinski definition) is 0. The number of unbranched alkanes of at least 4 members (excludes halogenated alkanes) is 3. The first-order valence-electron chi connectivity index (χ1n) is 11.9. The fourth-order valence-electron chi connectivity index (χ4n) is 4.39. The van der Waals surface area contributed by atoms with E-state index < -0.39 is 0 Å². The van der Waals surface area contributed by atoms with Crippen molar-refractivity contribution in [2.24, 2.45) is 0 Å². The summed E-state index contributed by atoms with van der Waals surface area (Å²) in [5.41, 5.74) is 7.71. The van der Waals surface area contributed by atoms with Crippen LogP contribution in [0.2, 0.25) is 0 Å². The molecule has 1 nitrogen and oxygen atoms in total. The van der Waals surface area contributed by atoms with Crippen molar-refractivity contribution in [2.45, 2.75) is 38.5 Å². The summed E-state index contributed by atoms with van der Waals surface area (Å²) in [6, 6.07) is 37.0. The van der Waals surface area contributed by atoms with E-state index in [2.05, 4.69) is 103 Å². The van der Waals surface area contributed by atoms with Crippen molar-refractivity contribution in [3.05, 3.63) is 114 Å². The van der Waals surface area contributed by atoms with Gasteiger partial charge < -0.3 is 0 Å². The summed E-state index contributed by atoms with van der Waals surface area (Å²) in [6.07, 6.45) is 7.48. The Kier molecular flexibility index (Phi) is 6.93. The SMILES string of the molecule is c1ccc(CCCCCCc2cccc(-c3cccc(-c4nc5ccccc5s4)c3)c2)cc1. The molecule has 0 bridgehead atoms. The van der Waals surface area contributed by atoms with E-state index in [0.29, 0.717) is 0 Å². The lowest BCUT2D eigenvalue weighted by Gasteiger charge is -2.07. The maximum Gasteiger partial charge on any atom is 0.124 e. The molecule has 0 aliphatic carbocycles. The van der Waals surface area contributed by atoms with Gasteiger partial charge in [0.2, 0.25) is 0 Å². The van der Waals surface area contributed by atoms with Crippen LogP contribution in [0.4, 0.5) is 0 Å². The first-order valence-corrected chi connectivity index (χ1v) is 12.8. The average molecular weight is 448 g/mol. The summed E-state index contributed by atoms with van der Waals surface area (Å²) in [7, 11) is 0. The minimum atomic E-state index is 1.08. The predicted molar refractivity (Wildman–Crippen MR) is 143 cm³/mol. The third-order valence-electron chi connectivity index (χ3n) is 6.19. The molecular formula is C31H29NS. The molecule has 5 aromatic rings. The minimum absolute atomic E-state index is 1.08. The maximum atomic E-state index is 4.84. The normalized spacial score (nSPS) is 11.2. The van der Waals surface area contributed by atoms with Gasteiger partial charge in [-0.05, 0) is 66.1 Å². The molecule has 0 radical (unpaired) electrons. The Bertz CT molecular complexity index is 1290. The number of aromatic nitrogens is 1. The van der Waals surface area contributed by atoms with Crippen LogP contribution in [0.3, 0.4) is 0 Å². The van der Waals surface area contributed by atoms with E-state index in [0.717, 1.165) is 16.9 Å². The van der Waals surface area contributed by atoms with Gasteiger partial charge >= 0.3 is 0 Å². The van der Waals surface area contributed by atoms with Crippen molar-refractivity contribution in [3.8, 4) is 21.7 Å². The third-order valence-corrected chi connectivity index (χ3v) is 7.27. The zero-order valence-electron chi connectivity index (χ0n) is 18.9. The second-order valence-corrected chi connectivity index (χ2v) is 9.70. The molecular weight excluding hydrogens is 418 g/mol. The highest BCUT2D eigenvalue weighted by Gasteiger charge is 2.08. The fourth-order valence-corrected chi connectivity index (χ4v) is 5.35. The summed E-state index contributed by atoms with van der Waals surface area (Å²) in [6.45, 7) is 0. The smallest absolute Gasteiger partial charge is 0.124 e. The van der Waals surface area contributed by atoms with E-state index >= 15 is 0 Å². The Morgan fingerprint density at radius 3 is 1.97 bits per heavy atom. The van der Waals surface area contributed by atoms with E-state index in [-0.39, 0.29) is 0 Å². The van der Waals surface area contributed by atoms with Crippen LogP contribution in [0.5, 0.6) is 0 Å². The Hall–Kier alpha value is -3.23. The molecule has 0 fully saturated rings. The summed E-state index contributed by atoms with van der Waals surface area (Å²) < 4.78 is 1.24. The molecule has 0 unspecified atom stereocenters. The van der Waals surface area contributed by atoms with E-state index in [4.69, 9.17) is 4.98 Å². The van der Waals surface area contributed by atoms with Crippen LogP contribution in [-0.4, -0.2) is 4.98 Å². The lowest BCUT2D eigenvalue weighted by atomic mass is 9.98. The van der Waals surface area contributed by atoms with E-state index in [9.17, 15) is 0 Å². The Morgan fingerprint density at radius 1 is 0.515 bits per heavy atom. The summed E-state index contributed by atoms with van der Waals surface area (Å²) in [5, 5.41) is 1.09. The predicted octanol–water partition coefficient (Wildman–Crippen LogP) is 8.98. The van der Waals surface area contributed by atoms with Gasteiger partial charge in [0.1, 0.15) is 5.01 Å². The van der Waals surface area contributed by atoms with Crippen molar-refractivity contribution in [2.75, 3.05) is 0 Å². The molecule has 0 N–H and O–H groups in total. The van der Waals surface area contributed by atoms with Crippen LogP contribution >= 0.6 is 11.3 Å². The monoisotopic (exact) mass is 447 g/mol. The molecule has 0 aliphatic rings. The number of hydrogen-bond acceptors (Lipinski definition) is 2. The molecule has 164 valence electrons. The van der Waals surface area contributed by atoms with Crippen LogP contribution in [0.1, 0.15) is 36.8 Å². The maximum absolute atomic E-state index is 4.84. The van der Waals surface area contributed by atoms with Crippen LogP contribution < -0.4 is 0 Å². The Labute approximate surface area is 200 Å². The highest BCUT2D eigenvalue weighted by molar-refractivity contribution is 7.21. The molecule has 1 aromatic heterocycles. The van der Waals surface area contributed by atoms with Crippen LogP contribution in [-0.2, 0) is 12.8 Å². The molecule has 0 amide bonds. The van der Waals surface area contributed by atoms with Gasteiger partial charge in [0.05, 0.1) is 10.2 Å². The van der Waals surface area contributed by atoms with Crippen LogP contribution in [0.25, 0.3) is 31.9 Å². The molecule has 0 saturated heterocycles. The first-order chi connectivity index (χ1) is 16.3. The number of thiazole rings is 1. The van der Waals surface area contributed by atoms with Crippen LogP contribution in [0, 0.1) is 0 Å². The van der Waals surface area contributed by atoms with E-state index in [1.807, 2.05) is 0 Å². The quantitative estimate of drug-likeness (QED) is 0.205. The molecule has 5 rings (SSSR count). The van der Waals surface area contributed by atoms with Gasteiger partial charge in [0.15, 0.2) is 0 Å². The van der Waals surface area contributed by atoms with Crippen molar-refractivity contribution in [1.82, 2.24) is 4.98 Å². The van der Waals surface area contributed by atoms with Crippen molar-refractivity contribution >= 4 is 21.6 Å². The van der Waals surface area contributed by atoms with Gasteiger partial charge in [0.25, 0.3) is 0 Å². The molecule has 1 heterocycles. The van der Waals surface area contributed by atoms with Gasteiger partial charge in [-0.2, -0.15) is 0 Å². The molecule has 0 aliphatic heterocycles. The molecule has 0 atom stereocenters. The van der Waals surface area contributed by atoms with Gasteiger partial charge in [-0.1, -0.05) is 97.8 Å². The number of fused-ring (bicyclic) bond motifs is 1. The highest BCUT2D eigenvalue weighted by Crippen LogP contribution is 2.32. The Balaban J connectivity index is 1.20. The van der Waals surface area contributed by atoms with Crippen molar-refractivity contribution < 1.29 is 0 Å². The van der Waals surface area contributed by atoms with Gasteiger partial charge in [-0.15, -0.1) is 11.3 Å². The summed E-state index contributed by atoms with van der Waals surface area (Å²) in [4.78, 5) is 4.84. The zero-order chi connectivity index (χ0) is 22.3. The number of para-hydroxylation sites is 1.